The number of rotatable bonds is 3. The van der Waals surface area contributed by atoms with Crippen LogP contribution in [0.25, 0.3) is 0 Å². The summed E-state index contributed by atoms with van der Waals surface area (Å²) in [5.41, 5.74) is -0.0298. The molecule has 8 heteroatoms. The number of carbonyl (C=O) groups is 1. The van der Waals surface area contributed by atoms with Gasteiger partial charge in [0.2, 0.25) is 11.7 Å². The minimum Gasteiger partial charge on any atom is -0.352 e. The number of amides is 1. The van der Waals surface area contributed by atoms with Crippen LogP contribution in [0.4, 0.5) is 11.5 Å². The summed E-state index contributed by atoms with van der Waals surface area (Å²) in [5, 5.41) is 13.9. The molecule has 1 aromatic heterocycles. The Balaban J connectivity index is 2.19. The van der Waals surface area contributed by atoms with Crippen molar-refractivity contribution >= 4 is 33.3 Å². The zero-order valence-electron chi connectivity index (χ0n) is 10.3. The molecular formula is C11H13BrN4O3. The number of pyridine rings is 1. The number of halogens is 1. The number of hydrogen-bond acceptors (Lipinski definition) is 5. The van der Waals surface area contributed by atoms with Crippen LogP contribution in [0.5, 0.6) is 0 Å². The molecule has 0 bridgehead atoms. The quantitative estimate of drug-likeness (QED) is 0.670. The van der Waals surface area contributed by atoms with Crippen molar-refractivity contribution in [2.75, 3.05) is 18.0 Å². The molecule has 1 N–H and O–H groups in total. The van der Waals surface area contributed by atoms with Gasteiger partial charge in [0.05, 0.1) is 4.92 Å². The maximum absolute atomic E-state index is 11.0. The Hall–Kier alpha value is -1.70. The Morgan fingerprint density at radius 2 is 2.42 bits per heavy atom. The molecule has 102 valence electrons. The van der Waals surface area contributed by atoms with Crippen LogP contribution in [0.2, 0.25) is 0 Å². The summed E-state index contributed by atoms with van der Waals surface area (Å²) in [6.07, 6.45) is 2.29. The molecule has 0 aliphatic carbocycles. The Morgan fingerprint density at radius 3 is 3.05 bits per heavy atom. The van der Waals surface area contributed by atoms with E-state index in [4.69, 9.17) is 0 Å². The van der Waals surface area contributed by atoms with Crippen LogP contribution in [0, 0.1) is 10.1 Å². The molecule has 1 atom stereocenters. The van der Waals surface area contributed by atoms with E-state index in [2.05, 4.69) is 26.2 Å². The number of nitrogens with one attached hydrogen (secondary N) is 1. The summed E-state index contributed by atoms with van der Waals surface area (Å²) >= 11 is 3.18. The van der Waals surface area contributed by atoms with Gasteiger partial charge in [-0.1, -0.05) is 0 Å². The van der Waals surface area contributed by atoms with E-state index in [9.17, 15) is 14.9 Å². The first-order chi connectivity index (χ1) is 8.97. The zero-order chi connectivity index (χ0) is 14.0. The first-order valence-corrected chi connectivity index (χ1v) is 6.58. The highest BCUT2D eigenvalue weighted by atomic mass is 79.9. The van der Waals surface area contributed by atoms with Gasteiger partial charge in [-0.25, -0.2) is 4.98 Å². The average Bonchev–Trinajstić information content (AvgIpc) is 2.76. The van der Waals surface area contributed by atoms with Crippen molar-refractivity contribution < 1.29 is 9.72 Å². The Morgan fingerprint density at radius 1 is 1.68 bits per heavy atom. The second kappa shape index (κ2) is 5.52. The van der Waals surface area contributed by atoms with Crippen molar-refractivity contribution in [1.29, 1.82) is 0 Å². The van der Waals surface area contributed by atoms with E-state index >= 15 is 0 Å². The number of hydrogen-bond donors (Lipinski definition) is 1. The average molecular weight is 329 g/mol. The van der Waals surface area contributed by atoms with Gasteiger partial charge in [-0.15, -0.1) is 0 Å². The Labute approximate surface area is 118 Å². The summed E-state index contributed by atoms with van der Waals surface area (Å²) in [7, 11) is 0. The topological polar surface area (TPSA) is 88.4 Å². The maximum Gasteiger partial charge on any atom is 0.312 e. The van der Waals surface area contributed by atoms with Crippen molar-refractivity contribution in [3.8, 4) is 0 Å². The van der Waals surface area contributed by atoms with E-state index in [1.165, 1.54) is 19.2 Å². The third kappa shape index (κ3) is 3.19. The molecule has 7 nitrogen and oxygen atoms in total. The molecule has 1 fully saturated rings. The predicted molar refractivity (Wildman–Crippen MR) is 73.0 cm³/mol. The van der Waals surface area contributed by atoms with E-state index < -0.39 is 4.92 Å². The lowest BCUT2D eigenvalue weighted by molar-refractivity contribution is -0.384. The fourth-order valence-electron chi connectivity index (χ4n) is 2.16. The van der Waals surface area contributed by atoms with E-state index in [1.807, 2.05) is 4.90 Å². The van der Waals surface area contributed by atoms with Crippen molar-refractivity contribution in [3.63, 3.8) is 0 Å². The third-order valence-electron chi connectivity index (χ3n) is 2.91. The van der Waals surface area contributed by atoms with E-state index in [-0.39, 0.29) is 17.6 Å². The van der Waals surface area contributed by atoms with Crippen LogP contribution in [-0.4, -0.2) is 34.9 Å². The smallest absolute Gasteiger partial charge is 0.312 e. The van der Waals surface area contributed by atoms with E-state index in [0.717, 1.165) is 6.42 Å². The van der Waals surface area contributed by atoms with Crippen molar-refractivity contribution in [1.82, 2.24) is 10.3 Å². The number of carbonyl (C=O) groups excluding carboxylic acids is 1. The Bertz CT molecular complexity index is 523. The molecular weight excluding hydrogens is 316 g/mol. The van der Waals surface area contributed by atoms with E-state index in [1.54, 1.807) is 0 Å². The standard InChI is InChI=1S/C11H13BrN4O3/c1-7(17)14-9-2-3-15(6-9)11-10(16(18)19)4-8(12)5-13-11/h4-5,9H,2-3,6H2,1H3,(H,14,17). The van der Waals surface area contributed by atoms with Crippen LogP contribution in [-0.2, 0) is 4.79 Å². The molecule has 0 aromatic carbocycles. The minimum absolute atomic E-state index is 0.0163. The van der Waals surface area contributed by atoms with Crippen LogP contribution >= 0.6 is 15.9 Å². The lowest BCUT2D eigenvalue weighted by atomic mass is 10.2. The molecule has 1 saturated heterocycles. The highest BCUT2D eigenvalue weighted by Gasteiger charge is 2.29. The normalized spacial score (nSPS) is 18.4. The van der Waals surface area contributed by atoms with Crippen LogP contribution < -0.4 is 10.2 Å². The Kier molecular flexibility index (Phi) is 3.98. The number of aromatic nitrogens is 1. The van der Waals surface area contributed by atoms with Crippen LogP contribution in [0.1, 0.15) is 13.3 Å². The summed E-state index contributed by atoms with van der Waals surface area (Å²) in [4.78, 5) is 27.5. The molecule has 2 heterocycles. The molecule has 1 aliphatic rings. The van der Waals surface area contributed by atoms with Gasteiger partial charge >= 0.3 is 5.69 Å². The van der Waals surface area contributed by atoms with Gasteiger partial charge in [-0.2, -0.15) is 0 Å². The minimum atomic E-state index is -0.446. The lowest BCUT2D eigenvalue weighted by Crippen LogP contribution is -2.35. The van der Waals surface area contributed by atoms with Crippen molar-refractivity contribution in [3.05, 3.63) is 26.9 Å². The van der Waals surface area contributed by atoms with Crippen LogP contribution in [0.3, 0.4) is 0 Å². The number of anilines is 1. The molecule has 1 aromatic rings. The summed E-state index contributed by atoms with van der Waals surface area (Å²) < 4.78 is 0.570. The van der Waals surface area contributed by atoms with Gasteiger partial charge in [0.25, 0.3) is 0 Å². The molecule has 1 unspecified atom stereocenters. The fraction of sp³-hybridized carbons (Fsp3) is 0.455. The van der Waals surface area contributed by atoms with Crippen LogP contribution in [0.15, 0.2) is 16.7 Å². The van der Waals surface area contributed by atoms with Gasteiger partial charge < -0.3 is 10.2 Å². The van der Waals surface area contributed by atoms with Gasteiger partial charge in [0.1, 0.15) is 0 Å². The zero-order valence-corrected chi connectivity index (χ0v) is 11.9. The monoisotopic (exact) mass is 328 g/mol. The molecule has 0 saturated carbocycles. The SMILES string of the molecule is CC(=O)NC1CCN(c2ncc(Br)cc2[N+](=O)[O-])C1. The number of nitro groups is 1. The second-order valence-corrected chi connectivity index (χ2v) is 5.30. The third-order valence-corrected chi connectivity index (χ3v) is 3.34. The molecule has 0 radical (unpaired) electrons. The predicted octanol–water partition coefficient (Wildman–Crippen LogP) is 1.47. The summed E-state index contributed by atoms with van der Waals surface area (Å²) in [6.45, 7) is 2.64. The maximum atomic E-state index is 11.0. The highest BCUT2D eigenvalue weighted by Crippen LogP contribution is 2.30. The molecule has 2 rings (SSSR count). The van der Waals surface area contributed by atoms with Gasteiger partial charge in [0.15, 0.2) is 0 Å². The van der Waals surface area contributed by atoms with Crippen molar-refractivity contribution in [2.45, 2.75) is 19.4 Å². The van der Waals surface area contributed by atoms with Gasteiger partial charge in [0, 0.05) is 42.8 Å². The summed E-state index contributed by atoms with van der Waals surface area (Å²) in [6, 6.07) is 1.45. The number of nitrogens with zero attached hydrogens (tertiary/aromatic N) is 3. The lowest BCUT2D eigenvalue weighted by Gasteiger charge is -2.17. The fourth-order valence-corrected chi connectivity index (χ4v) is 2.48. The second-order valence-electron chi connectivity index (χ2n) is 4.39. The first kappa shape index (κ1) is 13.7. The molecule has 1 aliphatic heterocycles. The van der Waals surface area contributed by atoms with E-state index in [0.29, 0.717) is 23.4 Å². The van der Waals surface area contributed by atoms with Gasteiger partial charge in [-0.05, 0) is 22.4 Å². The molecule has 0 spiro atoms. The molecule has 19 heavy (non-hydrogen) atoms. The molecule has 1 amide bonds. The first-order valence-electron chi connectivity index (χ1n) is 5.79. The van der Waals surface area contributed by atoms with Crippen molar-refractivity contribution in [2.24, 2.45) is 0 Å². The highest BCUT2D eigenvalue weighted by molar-refractivity contribution is 9.10. The summed E-state index contributed by atoms with van der Waals surface area (Å²) in [5.74, 6) is 0.256. The largest absolute Gasteiger partial charge is 0.352 e. The van der Waals surface area contributed by atoms with Gasteiger partial charge in [-0.3, -0.25) is 14.9 Å².